The molecule has 2 aliphatic rings. The minimum Gasteiger partial charge on any atom is -0.334 e. The molecule has 2 fully saturated rings. The number of nitrogens with one attached hydrogen (secondary N) is 1. The third-order valence-corrected chi connectivity index (χ3v) is 5.05. The lowest BCUT2D eigenvalue weighted by atomic mass is 9.82. The first-order chi connectivity index (χ1) is 9.24. The summed E-state index contributed by atoms with van der Waals surface area (Å²) in [6.45, 7) is 4.17. The molecule has 0 saturated carbocycles. The zero-order chi connectivity index (χ0) is 13.2. The molecule has 2 unspecified atom stereocenters. The molecule has 1 aromatic heterocycles. The minimum absolute atomic E-state index is 0.718. The molecule has 0 spiro atoms. The predicted octanol–water partition coefficient (Wildman–Crippen LogP) is 1.80. The lowest BCUT2D eigenvalue weighted by Crippen LogP contribution is -2.54. The first kappa shape index (κ1) is 13.1. The topological polar surface area (TPSA) is 33.1 Å². The van der Waals surface area contributed by atoms with Crippen LogP contribution in [0.2, 0.25) is 0 Å². The van der Waals surface area contributed by atoms with Crippen molar-refractivity contribution < 1.29 is 0 Å². The van der Waals surface area contributed by atoms with E-state index in [1.807, 2.05) is 6.20 Å². The van der Waals surface area contributed by atoms with E-state index in [0.717, 1.165) is 37.0 Å². The number of hydrogen-bond donors (Lipinski definition) is 1. The van der Waals surface area contributed by atoms with Crippen LogP contribution in [-0.4, -0.2) is 46.2 Å². The molecular weight excluding hydrogens is 236 g/mol. The van der Waals surface area contributed by atoms with E-state index in [9.17, 15) is 0 Å². The fourth-order valence-electron chi connectivity index (χ4n) is 3.81. The molecule has 0 aliphatic carbocycles. The number of piperidine rings is 2. The number of aromatic nitrogens is 2. The molecule has 0 radical (unpaired) electrons. The van der Waals surface area contributed by atoms with Crippen molar-refractivity contribution in [2.75, 3.05) is 13.6 Å². The number of nitrogens with zero attached hydrogens (tertiary/aromatic N) is 3. The van der Waals surface area contributed by atoms with Crippen LogP contribution in [0.15, 0.2) is 12.4 Å². The number of imidazole rings is 1. The van der Waals surface area contributed by atoms with E-state index in [2.05, 4.69) is 39.9 Å². The van der Waals surface area contributed by atoms with E-state index in [1.165, 1.54) is 32.1 Å². The second-order valence-electron chi connectivity index (χ2n) is 6.19. The van der Waals surface area contributed by atoms with Gasteiger partial charge in [-0.05, 0) is 39.7 Å². The Labute approximate surface area is 116 Å². The van der Waals surface area contributed by atoms with Gasteiger partial charge >= 0.3 is 0 Å². The Morgan fingerprint density at radius 1 is 1.32 bits per heavy atom. The molecular formula is C15H26N4. The lowest BCUT2D eigenvalue weighted by molar-refractivity contribution is 0.0485. The van der Waals surface area contributed by atoms with Crippen molar-refractivity contribution in [3.63, 3.8) is 0 Å². The molecule has 1 N–H and O–H groups in total. The van der Waals surface area contributed by atoms with Crippen molar-refractivity contribution in [1.29, 1.82) is 0 Å². The zero-order valence-corrected chi connectivity index (χ0v) is 12.2. The highest BCUT2D eigenvalue weighted by molar-refractivity contribution is 4.94. The second-order valence-corrected chi connectivity index (χ2v) is 6.19. The standard InChI is InChI=1S/C15H26N4/c1-12-16-6-8-19(12)9-7-17-13-10-14-4-3-5-15(11-13)18(14)2/h6,8,13-15,17H,3-5,7,9-11H2,1-2H3. The van der Waals surface area contributed by atoms with E-state index in [0.29, 0.717) is 0 Å². The Balaban J connectivity index is 1.47. The fraction of sp³-hybridized carbons (Fsp3) is 0.800. The average Bonchev–Trinajstić information content (AvgIpc) is 2.76. The molecule has 4 nitrogen and oxygen atoms in total. The summed E-state index contributed by atoms with van der Waals surface area (Å²) in [5.74, 6) is 1.11. The molecule has 0 amide bonds. The highest BCUT2D eigenvalue weighted by Crippen LogP contribution is 2.32. The summed E-state index contributed by atoms with van der Waals surface area (Å²) < 4.78 is 2.22. The minimum atomic E-state index is 0.718. The Kier molecular flexibility index (Phi) is 3.89. The van der Waals surface area contributed by atoms with Gasteiger partial charge in [0.2, 0.25) is 0 Å². The fourth-order valence-corrected chi connectivity index (χ4v) is 3.81. The maximum absolute atomic E-state index is 4.27. The Hall–Kier alpha value is -0.870. The summed E-state index contributed by atoms with van der Waals surface area (Å²) >= 11 is 0. The van der Waals surface area contributed by atoms with E-state index >= 15 is 0 Å². The molecule has 3 rings (SSSR count). The summed E-state index contributed by atoms with van der Waals surface area (Å²) in [6.07, 6.45) is 10.8. The van der Waals surface area contributed by atoms with Gasteiger partial charge in [-0.3, -0.25) is 0 Å². The second kappa shape index (κ2) is 5.63. The van der Waals surface area contributed by atoms with Crippen LogP contribution >= 0.6 is 0 Å². The lowest BCUT2D eigenvalue weighted by Gasteiger charge is -2.47. The molecule has 4 heteroatoms. The van der Waals surface area contributed by atoms with Crippen LogP contribution in [0.5, 0.6) is 0 Å². The van der Waals surface area contributed by atoms with Crippen LogP contribution in [0.3, 0.4) is 0 Å². The van der Waals surface area contributed by atoms with Crippen LogP contribution in [0, 0.1) is 6.92 Å². The van der Waals surface area contributed by atoms with Crippen LogP contribution in [0.1, 0.15) is 37.9 Å². The quantitative estimate of drug-likeness (QED) is 0.898. The van der Waals surface area contributed by atoms with Crippen molar-refractivity contribution in [3.05, 3.63) is 18.2 Å². The van der Waals surface area contributed by atoms with Gasteiger partial charge in [0.15, 0.2) is 0 Å². The molecule has 19 heavy (non-hydrogen) atoms. The first-order valence-electron chi connectivity index (χ1n) is 7.67. The molecule has 2 saturated heterocycles. The van der Waals surface area contributed by atoms with Crippen LogP contribution < -0.4 is 5.32 Å². The van der Waals surface area contributed by atoms with Gasteiger partial charge in [-0.15, -0.1) is 0 Å². The highest BCUT2D eigenvalue weighted by Gasteiger charge is 2.35. The van der Waals surface area contributed by atoms with Crippen molar-refractivity contribution in [1.82, 2.24) is 19.8 Å². The summed E-state index contributed by atoms with van der Waals surface area (Å²) in [5.41, 5.74) is 0. The van der Waals surface area contributed by atoms with Crippen LogP contribution in [0.4, 0.5) is 0 Å². The molecule has 1 aromatic rings. The van der Waals surface area contributed by atoms with Gasteiger partial charge in [0.1, 0.15) is 5.82 Å². The van der Waals surface area contributed by atoms with Gasteiger partial charge in [0, 0.05) is 43.6 Å². The van der Waals surface area contributed by atoms with Gasteiger partial charge in [0.25, 0.3) is 0 Å². The molecule has 2 atom stereocenters. The summed E-state index contributed by atoms with van der Waals surface area (Å²) in [7, 11) is 2.32. The zero-order valence-electron chi connectivity index (χ0n) is 12.2. The maximum atomic E-state index is 4.27. The largest absolute Gasteiger partial charge is 0.334 e. The Bertz CT molecular complexity index is 400. The van der Waals surface area contributed by atoms with E-state index < -0.39 is 0 Å². The summed E-state index contributed by atoms with van der Waals surface area (Å²) in [5, 5.41) is 3.76. The van der Waals surface area contributed by atoms with E-state index in [-0.39, 0.29) is 0 Å². The Morgan fingerprint density at radius 2 is 2.05 bits per heavy atom. The number of fused-ring (bicyclic) bond motifs is 2. The van der Waals surface area contributed by atoms with Gasteiger partial charge < -0.3 is 14.8 Å². The van der Waals surface area contributed by atoms with Crippen molar-refractivity contribution >= 4 is 0 Å². The third kappa shape index (κ3) is 2.84. The smallest absolute Gasteiger partial charge is 0.105 e. The van der Waals surface area contributed by atoms with Gasteiger partial charge in [-0.25, -0.2) is 4.98 Å². The van der Waals surface area contributed by atoms with Gasteiger partial charge in [0.05, 0.1) is 0 Å². The average molecular weight is 262 g/mol. The maximum Gasteiger partial charge on any atom is 0.105 e. The molecule has 0 aromatic carbocycles. The highest BCUT2D eigenvalue weighted by atomic mass is 15.2. The number of rotatable bonds is 4. The van der Waals surface area contributed by atoms with Gasteiger partial charge in [-0.2, -0.15) is 0 Å². The molecule has 106 valence electrons. The van der Waals surface area contributed by atoms with Crippen LogP contribution in [0.25, 0.3) is 0 Å². The summed E-state index contributed by atoms with van der Waals surface area (Å²) in [4.78, 5) is 6.89. The van der Waals surface area contributed by atoms with Gasteiger partial charge in [-0.1, -0.05) is 6.42 Å². The third-order valence-electron chi connectivity index (χ3n) is 5.05. The monoisotopic (exact) mass is 262 g/mol. The predicted molar refractivity (Wildman–Crippen MR) is 77.2 cm³/mol. The molecule has 2 bridgehead atoms. The van der Waals surface area contributed by atoms with Crippen LogP contribution in [-0.2, 0) is 6.54 Å². The number of aryl methyl sites for hydroxylation is 1. The summed E-state index contributed by atoms with van der Waals surface area (Å²) in [6, 6.07) is 2.36. The van der Waals surface area contributed by atoms with E-state index in [4.69, 9.17) is 0 Å². The molecule has 2 aliphatic heterocycles. The normalized spacial score (nSPS) is 31.6. The Morgan fingerprint density at radius 3 is 2.68 bits per heavy atom. The SMILES string of the molecule is Cc1nccn1CCNC1CC2CCCC(C1)N2C. The first-order valence-corrected chi connectivity index (χ1v) is 7.67. The van der Waals surface area contributed by atoms with E-state index in [1.54, 1.807) is 0 Å². The van der Waals surface area contributed by atoms with Crippen molar-refractivity contribution in [3.8, 4) is 0 Å². The molecule has 3 heterocycles. The number of hydrogen-bond acceptors (Lipinski definition) is 3. The van der Waals surface area contributed by atoms with Crippen molar-refractivity contribution in [2.45, 2.75) is 63.7 Å². The van der Waals surface area contributed by atoms with Crippen molar-refractivity contribution in [2.24, 2.45) is 0 Å².